The van der Waals surface area contributed by atoms with E-state index in [0.29, 0.717) is 19.0 Å². The third-order valence-corrected chi connectivity index (χ3v) is 2.35. The molecule has 0 aliphatic carbocycles. The lowest BCUT2D eigenvalue weighted by Crippen LogP contribution is -2.27. The summed E-state index contributed by atoms with van der Waals surface area (Å²) in [5.74, 6) is -1.27. The summed E-state index contributed by atoms with van der Waals surface area (Å²) < 4.78 is 73.0. The Hall–Kier alpha value is -2.24. The summed E-state index contributed by atoms with van der Waals surface area (Å²) in [5.41, 5.74) is 3.78. The van der Waals surface area contributed by atoms with Crippen molar-refractivity contribution in [2.45, 2.75) is 32.8 Å². The molecule has 1 amide bonds. The molecule has 0 spiro atoms. The Bertz CT molecular complexity index is 569. The summed E-state index contributed by atoms with van der Waals surface area (Å²) in [6.07, 6.45) is -8.96. The summed E-state index contributed by atoms with van der Waals surface area (Å²) in [5, 5.41) is 9.02. The van der Waals surface area contributed by atoms with Crippen LogP contribution in [0.3, 0.4) is 0 Å². The van der Waals surface area contributed by atoms with Gasteiger partial charge >= 0.3 is 12.5 Å². The number of ether oxygens (including phenoxy) is 1. The summed E-state index contributed by atoms with van der Waals surface area (Å²) in [4.78, 5) is 15.4. The zero-order valence-electron chi connectivity index (χ0n) is 13.3. The molecular formula is C13H17F6N3O3. The zero-order valence-corrected chi connectivity index (χ0v) is 13.3. The maximum absolute atomic E-state index is 12.8. The van der Waals surface area contributed by atoms with E-state index in [1.54, 1.807) is 0 Å². The van der Waals surface area contributed by atoms with E-state index in [9.17, 15) is 31.1 Å². The maximum atomic E-state index is 12.8. The predicted molar refractivity (Wildman–Crippen MR) is 75.7 cm³/mol. The number of nitrogens with two attached hydrogens (primary N) is 1. The number of rotatable bonds is 5. The van der Waals surface area contributed by atoms with Gasteiger partial charge in [-0.1, -0.05) is 6.92 Å². The molecule has 0 aliphatic rings. The number of hydrogen-bond acceptors (Lipinski definition) is 5. The Morgan fingerprint density at radius 3 is 2.20 bits per heavy atom. The summed E-state index contributed by atoms with van der Waals surface area (Å²) >= 11 is 0. The van der Waals surface area contributed by atoms with Crippen LogP contribution >= 0.6 is 0 Å². The molecule has 144 valence electrons. The van der Waals surface area contributed by atoms with Crippen LogP contribution < -0.4 is 15.8 Å². The van der Waals surface area contributed by atoms with Gasteiger partial charge in [-0.25, -0.2) is 4.98 Å². The lowest BCUT2D eigenvalue weighted by Gasteiger charge is -2.15. The van der Waals surface area contributed by atoms with E-state index in [1.807, 2.05) is 6.92 Å². The van der Waals surface area contributed by atoms with E-state index in [4.69, 9.17) is 15.6 Å². The summed E-state index contributed by atoms with van der Waals surface area (Å²) in [6, 6.07) is 0.666. The molecule has 0 saturated carbocycles. The van der Waals surface area contributed by atoms with E-state index in [0.717, 1.165) is 0 Å². The van der Waals surface area contributed by atoms with Gasteiger partial charge in [0.15, 0.2) is 5.69 Å². The van der Waals surface area contributed by atoms with E-state index in [1.165, 1.54) is 6.92 Å². The van der Waals surface area contributed by atoms with Crippen molar-refractivity contribution in [2.24, 2.45) is 0 Å². The Morgan fingerprint density at radius 2 is 1.80 bits per heavy atom. The van der Waals surface area contributed by atoms with Crippen molar-refractivity contribution in [2.75, 3.05) is 18.9 Å². The van der Waals surface area contributed by atoms with E-state index < -0.39 is 29.9 Å². The number of anilines is 1. The largest absolute Gasteiger partial charge is 0.519 e. The summed E-state index contributed by atoms with van der Waals surface area (Å²) in [6.45, 7) is 3.74. The highest BCUT2D eigenvalue weighted by Gasteiger charge is 2.36. The van der Waals surface area contributed by atoms with Crippen LogP contribution in [0.25, 0.3) is 0 Å². The molecule has 0 radical (unpaired) electrons. The molecular weight excluding hydrogens is 360 g/mol. The maximum Gasteiger partial charge on any atom is 0.519 e. The molecule has 12 heteroatoms. The van der Waals surface area contributed by atoms with Gasteiger partial charge in [-0.3, -0.25) is 4.79 Å². The van der Waals surface area contributed by atoms with E-state index in [2.05, 4.69) is 10.3 Å². The number of nitrogens with zero attached hydrogens (tertiary/aromatic N) is 1. The van der Waals surface area contributed by atoms with Gasteiger partial charge in [0, 0.05) is 6.54 Å². The highest BCUT2D eigenvalue weighted by atomic mass is 19.4. The van der Waals surface area contributed by atoms with Crippen molar-refractivity contribution in [3.05, 3.63) is 17.3 Å². The molecule has 6 nitrogen and oxygen atoms in total. The van der Waals surface area contributed by atoms with Crippen molar-refractivity contribution in [3.63, 3.8) is 0 Å². The van der Waals surface area contributed by atoms with Gasteiger partial charge < -0.3 is 20.9 Å². The lowest BCUT2D eigenvalue weighted by molar-refractivity contribution is -0.295. The molecule has 0 aliphatic heterocycles. The molecule has 0 atom stereocenters. The molecule has 1 heterocycles. The first-order valence-electron chi connectivity index (χ1n) is 6.89. The molecule has 0 unspecified atom stereocenters. The number of nitrogens with one attached hydrogen (secondary N) is 1. The van der Waals surface area contributed by atoms with E-state index >= 15 is 0 Å². The number of aliphatic hydroxyl groups is 1. The van der Waals surface area contributed by atoms with Gasteiger partial charge in [-0.2, -0.15) is 13.2 Å². The summed E-state index contributed by atoms with van der Waals surface area (Å²) in [7, 11) is 0. The van der Waals surface area contributed by atoms with Gasteiger partial charge in [0.1, 0.15) is 5.56 Å². The van der Waals surface area contributed by atoms with Gasteiger partial charge in [-0.05, 0) is 19.4 Å². The standard InChI is InChI=1S/C12H16F3N3O2.CHF3O/c1-3-5-17-10(19)9-8(16)6-7(12(13,14)15)11(18-9)20-4-2;2-1(3,4)5/h6H,3-5,16H2,1-2H3,(H,17,19);5H. The van der Waals surface area contributed by atoms with Crippen LogP contribution in [0, 0.1) is 0 Å². The molecule has 0 fully saturated rings. The van der Waals surface area contributed by atoms with Gasteiger partial charge in [0.05, 0.1) is 12.3 Å². The Morgan fingerprint density at radius 1 is 1.28 bits per heavy atom. The van der Waals surface area contributed by atoms with Crippen molar-refractivity contribution < 1.29 is 41.0 Å². The Balaban J connectivity index is 0.00000101. The minimum absolute atomic E-state index is 0.00395. The van der Waals surface area contributed by atoms with Crippen LogP contribution in [-0.4, -0.2) is 35.5 Å². The molecule has 0 saturated heterocycles. The second kappa shape index (κ2) is 9.30. The number of halogens is 6. The second-order valence-corrected chi connectivity index (χ2v) is 4.43. The fraction of sp³-hybridized carbons (Fsp3) is 0.538. The fourth-order valence-corrected chi connectivity index (χ4v) is 1.47. The normalized spacial score (nSPS) is 11.4. The van der Waals surface area contributed by atoms with Crippen LogP contribution in [-0.2, 0) is 6.18 Å². The SMILES string of the molecule is CCCNC(=O)c1nc(OCC)c(C(F)(F)F)cc1N.OC(F)(F)F. The predicted octanol–water partition coefficient (Wildman–Crippen LogP) is 2.72. The minimum Gasteiger partial charge on any atom is -0.478 e. The first kappa shape index (κ1) is 22.8. The van der Waals surface area contributed by atoms with Gasteiger partial charge in [-0.15, -0.1) is 13.2 Å². The first-order chi connectivity index (χ1) is 11.3. The highest BCUT2D eigenvalue weighted by molar-refractivity contribution is 5.97. The highest BCUT2D eigenvalue weighted by Crippen LogP contribution is 2.37. The van der Waals surface area contributed by atoms with Crippen LogP contribution in [0.4, 0.5) is 32.0 Å². The molecule has 0 bridgehead atoms. The molecule has 1 aromatic heterocycles. The number of hydrogen-bond donors (Lipinski definition) is 3. The number of aromatic nitrogens is 1. The monoisotopic (exact) mass is 377 g/mol. The third-order valence-electron chi connectivity index (χ3n) is 2.35. The Kier molecular flexibility index (Phi) is 8.46. The number of carbonyl (C=O) groups is 1. The lowest BCUT2D eigenvalue weighted by atomic mass is 10.2. The van der Waals surface area contributed by atoms with Crippen molar-refractivity contribution in [1.29, 1.82) is 0 Å². The number of alkyl halides is 6. The molecule has 1 rings (SSSR count). The van der Waals surface area contributed by atoms with Crippen LogP contribution in [0.2, 0.25) is 0 Å². The average Bonchev–Trinajstić information content (AvgIpc) is 2.43. The van der Waals surface area contributed by atoms with Crippen molar-refractivity contribution in [1.82, 2.24) is 10.3 Å². The van der Waals surface area contributed by atoms with E-state index in [-0.39, 0.29) is 18.0 Å². The fourth-order valence-electron chi connectivity index (χ4n) is 1.47. The number of amides is 1. The number of pyridine rings is 1. The van der Waals surface area contributed by atoms with Gasteiger partial charge in [0.25, 0.3) is 5.91 Å². The number of nitrogen functional groups attached to an aromatic ring is 1. The van der Waals surface area contributed by atoms with Crippen molar-refractivity contribution >= 4 is 11.6 Å². The molecule has 25 heavy (non-hydrogen) atoms. The van der Waals surface area contributed by atoms with Crippen LogP contribution in [0.5, 0.6) is 5.88 Å². The zero-order chi connectivity index (χ0) is 19.8. The smallest absolute Gasteiger partial charge is 0.478 e. The molecule has 4 N–H and O–H groups in total. The first-order valence-corrected chi connectivity index (χ1v) is 6.89. The quantitative estimate of drug-likeness (QED) is 0.686. The topological polar surface area (TPSA) is 97.5 Å². The molecule has 1 aromatic rings. The van der Waals surface area contributed by atoms with Crippen LogP contribution in [0.15, 0.2) is 6.07 Å². The molecule has 0 aromatic carbocycles. The van der Waals surface area contributed by atoms with Crippen LogP contribution in [0.1, 0.15) is 36.3 Å². The second-order valence-electron chi connectivity index (χ2n) is 4.43. The van der Waals surface area contributed by atoms with Crippen molar-refractivity contribution in [3.8, 4) is 5.88 Å². The Labute approximate surface area is 139 Å². The average molecular weight is 377 g/mol. The van der Waals surface area contributed by atoms with Gasteiger partial charge in [0.2, 0.25) is 5.88 Å². The minimum atomic E-state index is -5.00. The third kappa shape index (κ3) is 8.98. The number of carbonyl (C=O) groups excluding carboxylic acids is 1.